The topological polar surface area (TPSA) is 48.6 Å². The molecular formula is C23H23ClN2O. The predicted molar refractivity (Wildman–Crippen MR) is 112 cm³/mol. The Morgan fingerprint density at radius 3 is 2.41 bits per heavy atom. The number of halogens is 1. The first-order valence-corrected chi connectivity index (χ1v) is 9.75. The molecule has 1 atom stereocenters. The van der Waals surface area contributed by atoms with E-state index in [1.807, 2.05) is 24.3 Å². The van der Waals surface area contributed by atoms with Crippen LogP contribution in [0.4, 0.5) is 0 Å². The van der Waals surface area contributed by atoms with E-state index in [-0.39, 0.29) is 11.5 Å². The fourth-order valence-electron chi connectivity index (χ4n) is 3.90. The van der Waals surface area contributed by atoms with Crippen LogP contribution >= 0.6 is 11.6 Å². The molecule has 0 saturated heterocycles. The van der Waals surface area contributed by atoms with Crippen molar-refractivity contribution in [2.75, 3.05) is 0 Å². The highest BCUT2D eigenvalue weighted by Gasteiger charge is 2.27. The number of hydrogen-bond acceptors (Lipinski definition) is 1. The predicted octanol–water partition coefficient (Wildman–Crippen LogP) is 5.63. The fourth-order valence-corrected chi connectivity index (χ4v) is 4.03. The number of nitrogens with one attached hydrogen (secondary N) is 2. The van der Waals surface area contributed by atoms with Crippen LogP contribution in [-0.4, -0.2) is 10.2 Å². The second-order valence-electron chi connectivity index (χ2n) is 7.68. The van der Waals surface area contributed by atoms with Crippen LogP contribution in [0.3, 0.4) is 0 Å². The summed E-state index contributed by atoms with van der Waals surface area (Å²) in [7, 11) is 0. The van der Waals surface area contributed by atoms with E-state index in [1.165, 1.54) is 16.7 Å². The smallest absolute Gasteiger partial charge is 0.268 e. The first kappa shape index (κ1) is 17.9. The lowest BCUT2D eigenvalue weighted by atomic mass is 9.80. The van der Waals surface area contributed by atoms with Crippen LogP contribution in [0.25, 0.3) is 11.6 Å². The maximum Gasteiger partial charge on any atom is 0.268 e. The Bertz CT molecular complexity index is 1020. The van der Waals surface area contributed by atoms with Crippen molar-refractivity contribution in [3.8, 4) is 0 Å². The summed E-state index contributed by atoms with van der Waals surface area (Å²) in [6.07, 6.45) is 3.97. The molecule has 0 amide bonds. The molecule has 4 rings (SSSR count). The molecule has 1 aliphatic carbocycles. The number of fused-ring (bicyclic) bond motifs is 1. The highest BCUT2D eigenvalue weighted by Crippen LogP contribution is 2.40. The maximum absolute atomic E-state index is 12.4. The van der Waals surface area contributed by atoms with Crippen molar-refractivity contribution in [1.82, 2.24) is 10.2 Å². The summed E-state index contributed by atoms with van der Waals surface area (Å²) in [5.74, 6) is 0.661. The van der Waals surface area contributed by atoms with Crippen molar-refractivity contribution in [2.24, 2.45) is 5.92 Å². The van der Waals surface area contributed by atoms with Crippen molar-refractivity contribution < 1.29 is 0 Å². The minimum atomic E-state index is -0.0486. The molecule has 3 nitrogen and oxygen atoms in total. The van der Waals surface area contributed by atoms with Crippen LogP contribution < -0.4 is 5.56 Å². The molecule has 138 valence electrons. The molecule has 1 aliphatic rings. The third-order valence-corrected chi connectivity index (χ3v) is 5.43. The van der Waals surface area contributed by atoms with Gasteiger partial charge in [0, 0.05) is 10.9 Å². The molecule has 1 unspecified atom stereocenters. The molecule has 1 aromatic heterocycles. The Morgan fingerprint density at radius 1 is 1.04 bits per heavy atom. The Morgan fingerprint density at radius 2 is 1.74 bits per heavy atom. The molecule has 0 aliphatic heterocycles. The summed E-state index contributed by atoms with van der Waals surface area (Å²) in [6.45, 7) is 4.47. The first-order valence-electron chi connectivity index (χ1n) is 9.37. The van der Waals surface area contributed by atoms with Gasteiger partial charge in [0.05, 0.1) is 11.3 Å². The van der Waals surface area contributed by atoms with Gasteiger partial charge >= 0.3 is 0 Å². The second-order valence-corrected chi connectivity index (χ2v) is 8.12. The van der Waals surface area contributed by atoms with Gasteiger partial charge in [-0.3, -0.25) is 15.0 Å². The van der Waals surface area contributed by atoms with E-state index in [4.69, 9.17) is 11.6 Å². The minimum Gasteiger partial charge on any atom is -0.298 e. The summed E-state index contributed by atoms with van der Waals surface area (Å²) < 4.78 is 0. The number of benzene rings is 2. The Hall–Kier alpha value is -2.52. The molecular weight excluding hydrogens is 356 g/mol. The Kier molecular flexibility index (Phi) is 4.79. The average Bonchev–Trinajstić information content (AvgIpc) is 3.03. The Balaban J connectivity index is 1.72. The van der Waals surface area contributed by atoms with Crippen molar-refractivity contribution >= 4 is 23.3 Å². The maximum atomic E-state index is 12.4. The van der Waals surface area contributed by atoms with Gasteiger partial charge < -0.3 is 0 Å². The van der Waals surface area contributed by atoms with Crippen LogP contribution in [0, 0.1) is 5.92 Å². The molecule has 0 fully saturated rings. The lowest BCUT2D eigenvalue weighted by Crippen LogP contribution is -2.16. The van der Waals surface area contributed by atoms with Crippen molar-refractivity contribution in [3.05, 3.63) is 91.9 Å². The van der Waals surface area contributed by atoms with Gasteiger partial charge in [0.1, 0.15) is 0 Å². The number of hydrogen-bond donors (Lipinski definition) is 2. The van der Waals surface area contributed by atoms with E-state index < -0.39 is 0 Å². The number of aromatic amines is 2. The SMILES string of the molecule is CC(C)Cc1ccc(C2=Cc3[nH][nH]c(=O)c3C(c3ccc(Cl)cc3)C2)cc1. The molecule has 0 bridgehead atoms. The van der Waals surface area contributed by atoms with Crippen molar-refractivity contribution in [3.63, 3.8) is 0 Å². The number of aromatic nitrogens is 2. The molecule has 0 spiro atoms. The molecule has 1 heterocycles. The van der Waals surface area contributed by atoms with Crippen LogP contribution in [-0.2, 0) is 6.42 Å². The quantitative estimate of drug-likeness (QED) is 0.607. The lowest BCUT2D eigenvalue weighted by Gasteiger charge is -2.23. The minimum absolute atomic E-state index is 0.0163. The molecule has 0 radical (unpaired) electrons. The second kappa shape index (κ2) is 7.24. The summed E-state index contributed by atoms with van der Waals surface area (Å²) >= 11 is 6.05. The van der Waals surface area contributed by atoms with Gasteiger partial charge in [-0.25, -0.2) is 0 Å². The van der Waals surface area contributed by atoms with Gasteiger partial charge in [0.25, 0.3) is 5.56 Å². The average molecular weight is 379 g/mol. The van der Waals surface area contributed by atoms with Gasteiger partial charge in [-0.15, -0.1) is 0 Å². The highest BCUT2D eigenvalue weighted by molar-refractivity contribution is 6.30. The van der Waals surface area contributed by atoms with E-state index in [0.29, 0.717) is 10.9 Å². The zero-order valence-corrected chi connectivity index (χ0v) is 16.3. The molecule has 4 heteroatoms. The molecule has 3 aromatic rings. The van der Waals surface area contributed by atoms with Crippen molar-refractivity contribution in [1.29, 1.82) is 0 Å². The first-order chi connectivity index (χ1) is 13.0. The number of allylic oxidation sites excluding steroid dienone is 1. The largest absolute Gasteiger partial charge is 0.298 e. The van der Waals surface area contributed by atoms with Crippen LogP contribution in [0.2, 0.25) is 5.02 Å². The van der Waals surface area contributed by atoms with Gasteiger partial charge in [-0.05, 0) is 59.2 Å². The third-order valence-electron chi connectivity index (χ3n) is 5.18. The van der Waals surface area contributed by atoms with Crippen LogP contribution in [0.5, 0.6) is 0 Å². The molecule has 2 aromatic carbocycles. The lowest BCUT2D eigenvalue weighted by molar-refractivity contribution is 0.647. The Labute approximate surface area is 164 Å². The molecule has 2 N–H and O–H groups in total. The van der Waals surface area contributed by atoms with Gasteiger partial charge in [0.15, 0.2) is 0 Å². The standard InChI is InChI=1S/C23H23ClN2O/c1-14(2)11-15-3-5-16(6-4-15)18-12-20(17-7-9-19(24)10-8-17)22-21(13-18)25-26-23(22)27/h3-10,13-14,20H,11-12H2,1-2H3,(H2,25,26,27). The molecule has 27 heavy (non-hydrogen) atoms. The van der Waals surface area contributed by atoms with Crippen LogP contribution in [0.15, 0.2) is 53.3 Å². The summed E-state index contributed by atoms with van der Waals surface area (Å²) in [5, 5.41) is 6.48. The molecule has 0 saturated carbocycles. The fraction of sp³-hybridized carbons (Fsp3) is 0.261. The van der Waals surface area contributed by atoms with Crippen LogP contribution in [0.1, 0.15) is 54.1 Å². The normalized spacial score (nSPS) is 16.3. The monoisotopic (exact) mass is 378 g/mol. The highest BCUT2D eigenvalue weighted by atomic mass is 35.5. The summed E-state index contributed by atoms with van der Waals surface area (Å²) in [6, 6.07) is 16.6. The van der Waals surface area contributed by atoms with E-state index in [2.05, 4.69) is 54.4 Å². The number of H-pyrrole nitrogens is 2. The zero-order valence-electron chi connectivity index (χ0n) is 15.6. The zero-order chi connectivity index (χ0) is 19.0. The third kappa shape index (κ3) is 3.65. The van der Waals surface area contributed by atoms with Crippen molar-refractivity contribution in [2.45, 2.75) is 32.6 Å². The van der Waals surface area contributed by atoms with E-state index in [0.717, 1.165) is 29.7 Å². The summed E-state index contributed by atoms with van der Waals surface area (Å²) in [5.41, 5.74) is 6.52. The number of rotatable bonds is 4. The summed E-state index contributed by atoms with van der Waals surface area (Å²) in [4.78, 5) is 12.4. The van der Waals surface area contributed by atoms with E-state index in [9.17, 15) is 4.79 Å². The van der Waals surface area contributed by atoms with Gasteiger partial charge in [-0.2, -0.15) is 0 Å². The van der Waals surface area contributed by atoms with E-state index >= 15 is 0 Å². The van der Waals surface area contributed by atoms with Gasteiger partial charge in [0.2, 0.25) is 0 Å². The van der Waals surface area contributed by atoms with E-state index in [1.54, 1.807) is 0 Å². The van der Waals surface area contributed by atoms with Gasteiger partial charge in [-0.1, -0.05) is 61.8 Å².